The van der Waals surface area contributed by atoms with Crippen LogP contribution in [0.3, 0.4) is 0 Å². The maximum Gasteiger partial charge on any atom is 0.323 e. The third kappa shape index (κ3) is 2.43. The molecule has 20 heavy (non-hydrogen) atoms. The fourth-order valence-corrected chi connectivity index (χ4v) is 3.11. The van der Waals surface area contributed by atoms with Crippen molar-refractivity contribution >= 4 is 27.0 Å². The maximum absolute atomic E-state index is 11.3. The van der Waals surface area contributed by atoms with E-state index >= 15 is 0 Å². The number of benzene rings is 2. The number of aromatic amines is 2. The molecule has 0 saturated heterocycles. The smallest absolute Gasteiger partial charge is 0.306 e. The second-order valence-electron chi connectivity index (χ2n) is 5.17. The zero-order chi connectivity index (χ0) is 14.3. The van der Waals surface area contributed by atoms with Crippen molar-refractivity contribution in [1.29, 1.82) is 0 Å². The molecule has 4 heteroatoms. The van der Waals surface area contributed by atoms with Gasteiger partial charge in [0.2, 0.25) is 0 Å². The van der Waals surface area contributed by atoms with Crippen molar-refractivity contribution in [3.05, 3.63) is 69.1 Å². The van der Waals surface area contributed by atoms with Crippen molar-refractivity contribution in [2.45, 2.75) is 18.7 Å². The number of nitrogens with one attached hydrogen (secondary N) is 2. The lowest BCUT2D eigenvalue weighted by Gasteiger charge is -2.12. The first-order valence-electron chi connectivity index (χ1n) is 6.47. The van der Waals surface area contributed by atoms with Crippen LogP contribution in [-0.4, -0.2) is 9.97 Å². The molecule has 0 bridgehead atoms. The molecular formula is C16H15BrN2O. The number of hydrogen-bond donors (Lipinski definition) is 2. The number of aryl methyl sites for hydroxylation is 2. The average molecular weight is 331 g/mol. The summed E-state index contributed by atoms with van der Waals surface area (Å²) in [4.78, 5) is 17.0. The molecule has 0 spiro atoms. The summed E-state index contributed by atoms with van der Waals surface area (Å²) in [6.45, 7) is 4.20. The van der Waals surface area contributed by atoms with Crippen molar-refractivity contribution < 1.29 is 0 Å². The first kappa shape index (κ1) is 13.2. The van der Waals surface area contributed by atoms with Crippen LogP contribution in [0.4, 0.5) is 0 Å². The molecule has 102 valence electrons. The van der Waals surface area contributed by atoms with Crippen LogP contribution < -0.4 is 5.69 Å². The molecule has 2 aromatic carbocycles. The summed E-state index contributed by atoms with van der Waals surface area (Å²) >= 11 is 3.75. The van der Waals surface area contributed by atoms with E-state index in [-0.39, 0.29) is 10.5 Å². The van der Waals surface area contributed by atoms with Crippen molar-refractivity contribution in [3.63, 3.8) is 0 Å². The Morgan fingerprint density at radius 1 is 0.900 bits per heavy atom. The van der Waals surface area contributed by atoms with E-state index in [9.17, 15) is 4.79 Å². The Labute approximate surface area is 125 Å². The highest BCUT2D eigenvalue weighted by molar-refractivity contribution is 9.09. The van der Waals surface area contributed by atoms with Gasteiger partial charge in [-0.1, -0.05) is 51.3 Å². The van der Waals surface area contributed by atoms with Gasteiger partial charge in [0.05, 0.1) is 15.9 Å². The largest absolute Gasteiger partial charge is 0.323 e. The number of halogens is 1. The first-order chi connectivity index (χ1) is 9.52. The minimum atomic E-state index is -0.172. The van der Waals surface area contributed by atoms with E-state index in [1.165, 1.54) is 16.7 Å². The molecule has 1 atom stereocenters. The second-order valence-corrected chi connectivity index (χ2v) is 6.08. The van der Waals surface area contributed by atoms with E-state index < -0.39 is 0 Å². The molecule has 1 heterocycles. The van der Waals surface area contributed by atoms with Crippen LogP contribution in [0, 0.1) is 13.8 Å². The molecule has 0 aliphatic carbocycles. The molecule has 0 amide bonds. The number of H-pyrrole nitrogens is 2. The molecule has 2 N–H and O–H groups in total. The molecular weight excluding hydrogens is 316 g/mol. The number of imidazole rings is 1. The highest BCUT2D eigenvalue weighted by Gasteiger charge is 2.12. The highest BCUT2D eigenvalue weighted by Crippen LogP contribution is 2.32. The third-order valence-electron chi connectivity index (χ3n) is 3.37. The van der Waals surface area contributed by atoms with Gasteiger partial charge in [-0.15, -0.1) is 0 Å². The number of alkyl halides is 1. The zero-order valence-corrected chi connectivity index (χ0v) is 12.9. The van der Waals surface area contributed by atoms with Gasteiger partial charge in [-0.05, 0) is 37.1 Å². The van der Waals surface area contributed by atoms with E-state index in [0.29, 0.717) is 0 Å². The van der Waals surface area contributed by atoms with E-state index in [4.69, 9.17) is 0 Å². The van der Waals surface area contributed by atoms with Crippen molar-refractivity contribution in [2.75, 3.05) is 0 Å². The van der Waals surface area contributed by atoms with Crippen LogP contribution in [0.25, 0.3) is 11.0 Å². The predicted octanol–water partition coefficient (Wildman–Crippen LogP) is 3.96. The van der Waals surface area contributed by atoms with Gasteiger partial charge in [0.15, 0.2) is 0 Å². The van der Waals surface area contributed by atoms with Gasteiger partial charge in [0, 0.05) is 0 Å². The number of fused-ring (bicyclic) bond motifs is 1. The van der Waals surface area contributed by atoms with E-state index in [0.717, 1.165) is 16.6 Å². The number of aromatic nitrogens is 2. The zero-order valence-electron chi connectivity index (χ0n) is 11.3. The molecule has 0 radical (unpaired) electrons. The lowest BCUT2D eigenvalue weighted by atomic mass is 10.0. The van der Waals surface area contributed by atoms with Gasteiger partial charge in [0.25, 0.3) is 0 Å². The summed E-state index contributed by atoms with van der Waals surface area (Å²) in [5, 5.41) is 0. The Hall–Kier alpha value is -1.81. The van der Waals surface area contributed by atoms with Gasteiger partial charge in [-0.25, -0.2) is 4.79 Å². The standard InChI is InChI=1S/C16H15BrN2O/c1-9-5-10(2)7-12(6-9)15(17)11-3-4-13-14(8-11)19-16(20)18-13/h3-8,15H,1-2H3,(H2,18,19,20). The van der Waals surface area contributed by atoms with Crippen LogP contribution in [0.1, 0.15) is 27.1 Å². The summed E-state index contributed by atoms with van der Waals surface area (Å²) in [5.74, 6) is 0. The van der Waals surface area contributed by atoms with Gasteiger partial charge in [-0.2, -0.15) is 0 Å². The lowest BCUT2D eigenvalue weighted by Crippen LogP contribution is -1.99. The Morgan fingerprint density at radius 2 is 1.55 bits per heavy atom. The van der Waals surface area contributed by atoms with E-state index in [2.05, 4.69) is 57.9 Å². The van der Waals surface area contributed by atoms with Crippen molar-refractivity contribution in [1.82, 2.24) is 9.97 Å². The lowest BCUT2D eigenvalue weighted by molar-refractivity contribution is 1.16. The maximum atomic E-state index is 11.3. The minimum Gasteiger partial charge on any atom is -0.306 e. The molecule has 1 unspecified atom stereocenters. The molecule has 1 aromatic heterocycles. The predicted molar refractivity (Wildman–Crippen MR) is 85.6 cm³/mol. The van der Waals surface area contributed by atoms with Gasteiger partial charge < -0.3 is 9.97 Å². The summed E-state index contributed by atoms with van der Waals surface area (Å²) in [7, 11) is 0. The summed E-state index contributed by atoms with van der Waals surface area (Å²) < 4.78 is 0. The SMILES string of the molecule is Cc1cc(C)cc(C(Br)c2ccc3[nH]c(=O)[nH]c3c2)c1. The summed E-state index contributed by atoms with van der Waals surface area (Å²) in [6, 6.07) is 12.5. The number of hydrogen-bond acceptors (Lipinski definition) is 1. The van der Waals surface area contributed by atoms with E-state index in [1.54, 1.807) is 0 Å². The van der Waals surface area contributed by atoms with Crippen molar-refractivity contribution in [3.8, 4) is 0 Å². The number of rotatable bonds is 2. The average Bonchev–Trinajstić information content (AvgIpc) is 2.75. The summed E-state index contributed by atoms with van der Waals surface area (Å²) in [6.07, 6.45) is 0. The molecule has 3 nitrogen and oxygen atoms in total. The van der Waals surface area contributed by atoms with Crippen LogP contribution in [-0.2, 0) is 0 Å². The van der Waals surface area contributed by atoms with Crippen LogP contribution in [0.2, 0.25) is 0 Å². The Balaban J connectivity index is 2.06. The monoisotopic (exact) mass is 330 g/mol. The van der Waals surface area contributed by atoms with Crippen LogP contribution >= 0.6 is 15.9 Å². The molecule has 3 rings (SSSR count). The van der Waals surface area contributed by atoms with E-state index in [1.807, 2.05) is 18.2 Å². The van der Waals surface area contributed by atoms with Gasteiger partial charge in [-0.3, -0.25) is 0 Å². The fraction of sp³-hybridized carbons (Fsp3) is 0.188. The minimum absolute atomic E-state index is 0.115. The Morgan fingerprint density at radius 3 is 2.25 bits per heavy atom. The van der Waals surface area contributed by atoms with Crippen molar-refractivity contribution in [2.24, 2.45) is 0 Å². The highest BCUT2D eigenvalue weighted by atomic mass is 79.9. The Kier molecular flexibility index (Phi) is 3.26. The van der Waals surface area contributed by atoms with Crippen LogP contribution in [0.15, 0.2) is 41.2 Å². The third-order valence-corrected chi connectivity index (χ3v) is 4.43. The Bertz CT molecular complexity index is 812. The molecule has 0 fully saturated rings. The van der Waals surface area contributed by atoms with Gasteiger partial charge in [0.1, 0.15) is 0 Å². The normalized spacial score (nSPS) is 12.8. The van der Waals surface area contributed by atoms with Crippen LogP contribution in [0.5, 0.6) is 0 Å². The first-order valence-corrected chi connectivity index (χ1v) is 7.39. The second kappa shape index (κ2) is 4.94. The van der Waals surface area contributed by atoms with Gasteiger partial charge >= 0.3 is 5.69 Å². The fourth-order valence-electron chi connectivity index (χ4n) is 2.56. The molecule has 0 aliphatic rings. The summed E-state index contributed by atoms with van der Waals surface area (Å²) in [5.41, 5.74) is 6.34. The topological polar surface area (TPSA) is 48.6 Å². The quantitative estimate of drug-likeness (QED) is 0.686. The molecule has 0 saturated carbocycles. The molecule has 3 aromatic rings. The molecule has 0 aliphatic heterocycles.